The van der Waals surface area contributed by atoms with Gasteiger partial charge in [-0.05, 0) is 45.6 Å². The minimum atomic E-state index is -0.115. The summed E-state index contributed by atoms with van der Waals surface area (Å²) >= 11 is 0. The molecule has 1 saturated carbocycles. The van der Waals surface area contributed by atoms with Crippen molar-refractivity contribution in [2.45, 2.75) is 58.6 Å². The summed E-state index contributed by atoms with van der Waals surface area (Å²) in [6, 6.07) is 3.38. The molecule has 0 aliphatic heterocycles. The van der Waals surface area contributed by atoms with E-state index < -0.39 is 0 Å². The normalized spacial score (nSPS) is 15.5. The second-order valence-electron chi connectivity index (χ2n) is 6.70. The first kappa shape index (κ1) is 17.5. The molecule has 1 aliphatic carbocycles. The first-order chi connectivity index (χ1) is 12.0. The number of nitrogens with one attached hydrogen (secondary N) is 1. The summed E-state index contributed by atoms with van der Waals surface area (Å²) in [6.45, 7) is 6.07. The number of hydrogen-bond acceptors (Lipinski definition) is 4. The second kappa shape index (κ2) is 7.25. The molecular formula is C19H26N4O2. The fraction of sp³-hybridized carbons (Fsp3) is 0.526. The van der Waals surface area contributed by atoms with Crippen LogP contribution < -0.4 is 10.1 Å². The molecule has 1 fully saturated rings. The van der Waals surface area contributed by atoms with Crippen LogP contribution in [0.5, 0.6) is 5.88 Å². The number of carbonyl (C=O) groups is 1. The Bertz CT molecular complexity index is 765. The third-order valence-electron chi connectivity index (χ3n) is 4.96. The lowest BCUT2D eigenvalue weighted by Gasteiger charge is -2.25. The Kier molecular flexibility index (Phi) is 5.06. The number of ether oxygens (including phenoxy) is 1. The molecule has 25 heavy (non-hydrogen) atoms. The largest absolute Gasteiger partial charge is 0.474 e. The maximum Gasteiger partial charge on any atom is 0.252 e. The Morgan fingerprint density at radius 3 is 2.76 bits per heavy atom. The van der Waals surface area contributed by atoms with Crippen LogP contribution in [0.2, 0.25) is 0 Å². The van der Waals surface area contributed by atoms with Gasteiger partial charge in [0.2, 0.25) is 5.88 Å². The average Bonchev–Trinajstić information content (AvgIpc) is 2.81. The minimum absolute atomic E-state index is 0.0645. The van der Waals surface area contributed by atoms with Crippen LogP contribution in [0.4, 0.5) is 0 Å². The summed E-state index contributed by atoms with van der Waals surface area (Å²) in [7, 11) is 1.92. The monoisotopic (exact) mass is 342 g/mol. The summed E-state index contributed by atoms with van der Waals surface area (Å²) in [5, 5.41) is 7.58. The molecule has 6 heteroatoms. The van der Waals surface area contributed by atoms with E-state index in [1.807, 2.05) is 25.6 Å². The number of aryl methyl sites for hydroxylation is 2. The number of pyridine rings is 1. The Labute approximate surface area is 148 Å². The summed E-state index contributed by atoms with van der Waals surface area (Å²) in [5.74, 6) is 0.412. The molecule has 0 saturated heterocycles. The third-order valence-corrected chi connectivity index (χ3v) is 4.96. The number of carbonyl (C=O) groups excluding carboxylic acids is 1. The van der Waals surface area contributed by atoms with E-state index in [0.717, 1.165) is 36.2 Å². The lowest BCUT2D eigenvalue weighted by molar-refractivity contribution is 0.0930. The molecule has 0 unspecified atom stereocenters. The summed E-state index contributed by atoms with van der Waals surface area (Å²) < 4.78 is 7.65. The van der Waals surface area contributed by atoms with E-state index in [4.69, 9.17) is 4.74 Å². The molecule has 2 aromatic rings. The van der Waals surface area contributed by atoms with Gasteiger partial charge in [0.1, 0.15) is 6.10 Å². The van der Waals surface area contributed by atoms with Gasteiger partial charge in [-0.2, -0.15) is 5.10 Å². The van der Waals surface area contributed by atoms with Gasteiger partial charge in [-0.15, -0.1) is 0 Å². The Balaban J connectivity index is 1.74. The highest BCUT2D eigenvalue weighted by Gasteiger charge is 2.23. The lowest BCUT2D eigenvalue weighted by Crippen LogP contribution is -2.29. The van der Waals surface area contributed by atoms with E-state index in [-0.39, 0.29) is 18.1 Å². The fourth-order valence-electron chi connectivity index (χ4n) is 3.19. The Hall–Kier alpha value is -2.37. The number of hydrogen-bond donors (Lipinski definition) is 1. The Morgan fingerprint density at radius 1 is 1.44 bits per heavy atom. The van der Waals surface area contributed by atoms with Crippen LogP contribution in [-0.2, 0) is 7.05 Å². The van der Waals surface area contributed by atoms with Crippen molar-refractivity contribution in [1.82, 2.24) is 20.1 Å². The molecule has 2 heterocycles. The predicted octanol–water partition coefficient (Wildman–Crippen LogP) is 3.24. The average molecular weight is 342 g/mol. The molecule has 6 nitrogen and oxygen atoms in total. The van der Waals surface area contributed by atoms with Crippen LogP contribution in [0.3, 0.4) is 0 Å². The van der Waals surface area contributed by atoms with Crippen LogP contribution in [0.1, 0.15) is 66.0 Å². The van der Waals surface area contributed by atoms with Crippen molar-refractivity contribution in [2.24, 2.45) is 7.05 Å². The van der Waals surface area contributed by atoms with E-state index in [0.29, 0.717) is 11.4 Å². The number of rotatable bonds is 6. The maximum absolute atomic E-state index is 12.7. The molecule has 0 spiro atoms. The van der Waals surface area contributed by atoms with E-state index >= 15 is 0 Å². The fourth-order valence-corrected chi connectivity index (χ4v) is 3.19. The predicted molar refractivity (Wildman–Crippen MR) is 95.7 cm³/mol. The Morgan fingerprint density at radius 2 is 2.20 bits per heavy atom. The summed E-state index contributed by atoms with van der Waals surface area (Å²) in [4.78, 5) is 16.9. The molecule has 1 amide bonds. The van der Waals surface area contributed by atoms with Crippen molar-refractivity contribution in [3.05, 3.63) is 40.8 Å². The van der Waals surface area contributed by atoms with Crippen LogP contribution in [0.15, 0.2) is 18.3 Å². The first-order valence-corrected chi connectivity index (χ1v) is 8.93. The number of aromatic nitrogens is 3. The van der Waals surface area contributed by atoms with Crippen molar-refractivity contribution in [3.63, 3.8) is 0 Å². The molecule has 134 valence electrons. The van der Waals surface area contributed by atoms with Gasteiger partial charge in [0.15, 0.2) is 0 Å². The zero-order valence-corrected chi connectivity index (χ0v) is 15.4. The standard InChI is InChI=1S/C19H26N4O2/c1-5-16(18-12(2)22-23(4)13(18)3)21-19(24)14-9-10-20-17(11-14)25-15-7-6-8-15/h9-11,15-16H,5-8H2,1-4H3,(H,21,24)/t16-/m1/s1. The van der Waals surface area contributed by atoms with Gasteiger partial charge in [-0.25, -0.2) is 4.98 Å². The zero-order valence-electron chi connectivity index (χ0n) is 15.4. The number of nitrogens with zero attached hydrogens (tertiary/aromatic N) is 3. The van der Waals surface area contributed by atoms with Crippen molar-refractivity contribution in [3.8, 4) is 5.88 Å². The van der Waals surface area contributed by atoms with Gasteiger partial charge in [-0.1, -0.05) is 6.92 Å². The molecule has 0 bridgehead atoms. The number of amides is 1. The molecule has 1 atom stereocenters. The van der Waals surface area contributed by atoms with Gasteiger partial charge in [0.05, 0.1) is 11.7 Å². The van der Waals surface area contributed by atoms with Crippen molar-refractivity contribution in [1.29, 1.82) is 0 Å². The van der Waals surface area contributed by atoms with Crippen molar-refractivity contribution >= 4 is 5.91 Å². The SMILES string of the molecule is CC[C@@H](NC(=O)c1ccnc(OC2CCC2)c1)c1c(C)nn(C)c1C. The van der Waals surface area contributed by atoms with Crippen LogP contribution in [0.25, 0.3) is 0 Å². The highest BCUT2D eigenvalue weighted by molar-refractivity contribution is 5.94. The van der Waals surface area contributed by atoms with Gasteiger partial charge in [-0.3, -0.25) is 9.48 Å². The van der Waals surface area contributed by atoms with Crippen molar-refractivity contribution in [2.75, 3.05) is 0 Å². The highest BCUT2D eigenvalue weighted by Crippen LogP contribution is 2.26. The smallest absolute Gasteiger partial charge is 0.252 e. The molecule has 2 aromatic heterocycles. The lowest BCUT2D eigenvalue weighted by atomic mass is 9.96. The highest BCUT2D eigenvalue weighted by atomic mass is 16.5. The van der Waals surface area contributed by atoms with E-state index in [1.165, 1.54) is 6.42 Å². The quantitative estimate of drug-likeness (QED) is 0.875. The van der Waals surface area contributed by atoms with Gasteiger partial charge in [0.25, 0.3) is 5.91 Å². The molecule has 3 rings (SSSR count). The summed E-state index contributed by atoms with van der Waals surface area (Å²) in [6.07, 6.45) is 6.01. The van der Waals surface area contributed by atoms with E-state index in [9.17, 15) is 4.79 Å². The van der Waals surface area contributed by atoms with E-state index in [1.54, 1.807) is 18.3 Å². The second-order valence-corrected chi connectivity index (χ2v) is 6.70. The van der Waals surface area contributed by atoms with Crippen LogP contribution in [-0.4, -0.2) is 26.8 Å². The molecule has 1 N–H and O–H groups in total. The van der Waals surface area contributed by atoms with Crippen LogP contribution >= 0.6 is 0 Å². The minimum Gasteiger partial charge on any atom is -0.474 e. The molecule has 0 radical (unpaired) electrons. The topological polar surface area (TPSA) is 69.0 Å². The molecule has 0 aromatic carbocycles. The van der Waals surface area contributed by atoms with Gasteiger partial charge in [0, 0.05) is 36.1 Å². The van der Waals surface area contributed by atoms with Gasteiger partial charge < -0.3 is 10.1 Å². The van der Waals surface area contributed by atoms with Crippen LogP contribution in [0, 0.1) is 13.8 Å². The van der Waals surface area contributed by atoms with Gasteiger partial charge >= 0.3 is 0 Å². The summed E-state index contributed by atoms with van der Waals surface area (Å²) in [5.41, 5.74) is 3.70. The maximum atomic E-state index is 12.7. The first-order valence-electron chi connectivity index (χ1n) is 8.93. The third kappa shape index (κ3) is 3.67. The van der Waals surface area contributed by atoms with Crippen molar-refractivity contribution < 1.29 is 9.53 Å². The molecule has 1 aliphatic rings. The zero-order chi connectivity index (χ0) is 18.0. The molecular weight excluding hydrogens is 316 g/mol. The van der Waals surface area contributed by atoms with E-state index in [2.05, 4.69) is 22.3 Å².